The maximum Gasteiger partial charge on any atom is 0.272 e. The number of anilines is 2. The Bertz CT molecular complexity index is 1810. The second-order valence-electron chi connectivity index (χ2n) is 10.1. The smallest absolute Gasteiger partial charge is 0.272 e. The third-order valence-electron chi connectivity index (χ3n) is 6.76. The first-order chi connectivity index (χ1) is 21.9. The molecule has 0 aliphatic rings. The fraction of sp³-hybridized carbons (Fsp3) is 0.0541. The first-order valence-electron chi connectivity index (χ1n) is 14.2. The van der Waals surface area contributed by atoms with E-state index in [9.17, 15) is 18.8 Å². The highest BCUT2D eigenvalue weighted by atomic mass is 32.2. The third kappa shape index (κ3) is 8.55. The zero-order valence-electron chi connectivity index (χ0n) is 24.4. The van der Waals surface area contributed by atoms with Gasteiger partial charge in [0.2, 0.25) is 5.91 Å². The highest BCUT2D eigenvalue weighted by Crippen LogP contribution is 2.37. The van der Waals surface area contributed by atoms with Gasteiger partial charge in [-0.1, -0.05) is 90.5 Å². The minimum Gasteiger partial charge on any atom is -0.322 e. The molecule has 224 valence electrons. The highest BCUT2D eigenvalue weighted by molar-refractivity contribution is 8.00. The van der Waals surface area contributed by atoms with Crippen molar-refractivity contribution >= 4 is 46.9 Å². The fourth-order valence-electron chi connectivity index (χ4n) is 4.38. The molecule has 0 aliphatic carbocycles. The van der Waals surface area contributed by atoms with E-state index in [1.165, 1.54) is 23.9 Å². The average molecular weight is 616 g/mol. The number of hydrogen-bond acceptors (Lipinski definition) is 4. The van der Waals surface area contributed by atoms with Crippen LogP contribution in [0.5, 0.6) is 0 Å². The van der Waals surface area contributed by atoms with Crippen LogP contribution in [0.15, 0.2) is 144 Å². The second kappa shape index (κ2) is 14.8. The zero-order valence-corrected chi connectivity index (χ0v) is 25.2. The molecule has 0 spiro atoms. The first-order valence-corrected chi connectivity index (χ1v) is 15.1. The summed E-state index contributed by atoms with van der Waals surface area (Å²) in [6.07, 6.45) is 1.62. The van der Waals surface area contributed by atoms with Crippen molar-refractivity contribution < 1.29 is 18.8 Å². The van der Waals surface area contributed by atoms with E-state index in [0.29, 0.717) is 11.3 Å². The van der Waals surface area contributed by atoms with Crippen molar-refractivity contribution in [2.24, 2.45) is 0 Å². The molecule has 5 rings (SSSR count). The molecule has 3 N–H and O–H groups in total. The molecular formula is C37H30FN3O3S. The monoisotopic (exact) mass is 615 g/mol. The van der Waals surface area contributed by atoms with E-state index >= 15 is 0 Å². The van der Waals surface area contributed by atoms with Gasteiger partial charge in [-0.05, 0) is 72.7 Å². The normalized spacial score (nSPS) is 11.7. The Balaban J connectivity index is 1.32. The largest absolute Gasteiger partial charge is 0.322 e. The number of aryl methyl sites for hydroxylation is 1. The molecule has 45 heavy (non-hydrogen) atoms. The Morgan fingerprint density at radius 2 is 1.33 bits per heavy atom. The molecule has 0 aromatic heterocycles. The van der Waals surface area contributed by atoms with Crippen molar-refractivity contribution in [3.05, 3.63) is 167 Å². The van der Waals surface area contributed by atoms with Gasteiger partial charge < -0.3 is 16.0 Å². The third-order valence-corrected chi connectivity index (χ3v) is 8.02. The predicted molar refractivity (Wildman–Crippen MR) is 178 cm³/mol. The zero-order chi connectivity index (χ0) is 31.6. The Morgan fingerprint density at radius 3 is 2.00 bits per heavy atom. The van der Waals surface area contributed by atoms with Gasteiger partial charge in [-0.15, -0.1) is 11.8 Å². The van der Waals surface area contributed by atoms with Gasteiger partial charge in [-0.3, -0.25) is 14.4 Å². The molecule has 6 nitrogen and oxygen atoms in total. The van der Waals surface area contributed by atoms with Crippen molar-refractivity contribution in [1.82, 2.24) is 5.32 Å². The van der Waals surface area contributed by atoms with E-state index in [-0.39, 0.29) is 17.3 Å². The number of carbonyl (C=O) groups is 3. The SMILES string of the molecule is Cc1ccc(/C=C(\NC(=O)c2ccccc2)C(=O)Nc2ccc(SC(C(=O)Nc3ccccc3F)c3ccccc3)cc2)cc1. The molecule has 0 bridgehead atoms. The minimum atomic E-state index is -0.663. The van der Waals surface area contributed by atoms with Crippen LogP contribution in [-0.2, 0) is 9.59 Å². The lowest BCUT2D eigenvalue weighted by Gasteiger charge is -2.18. The molecule has 0 saturated heterocycles. The number of nitrogens with one attached hydrogen (secondary N) is 3. The van der Waals surface area contributed by atoms with E-state index in [2.05, 4.69) is 16.0 Å². The number of rotatable bonds is 10. The summed E-state index contributed by atoms with van der Waals surface area (Å²) in [5.41, 5.74) is 3.70. The fourth-order valence-corrected chi connectivity index (χ4v) is 5.41. The summed E-state index contributed by atoms with van der Waals surface area (Å²) in [6, 6.07) is 38.6. The van der Waals surface area contributed by atoms with Crippen LogP contribution in [0.3, 0.4) is 0 Å². The number of carbonyl (C=O) groups excluding carboxylic acids is 3. The van der Waals surface area contributed by atoms with Crippen LogP contribution in [-0.4, -0.2) is 17.7 Å². The molecule has 5 aromatic rings. The number of halogens is 1. The average Bonchev–Trinajstić information content (AvgIpc) is 3.06. The maximum absolute atomic E-state index is 14.3. The number of hydrogen-bond donors (Lipinski definition) is 3. The summed E-state index contributed by atoms with van der Waals surface area (Å²) in [4.78, 5) is 40.4. The van der Waals surface area contributed by atoms with Crippen LogP contribution < -0.4 is 16.0 Å². The lowest BCUT2D eigenvalue weighted by atomic mass is 10.1. The standard InChI is InChI=1S/C37H30FN3O3S/c1-25-16-18-26(19-17-25)24-33(41-35(42)28-12-6-3-7-13-28)36(43)39-29-20-22-30(23-21-29)45-34(27-10-4-2-5-11-27)37(44)40-32-15-9-8-14-31(32)38/h2-24,34H,1H3,(H,39,43)(H,40,44)(H,41,42)/b33-24-. The molecule has 8 heteroatoms. The van der Waals surface area contributed by atoms with Gasteiger partial charge in [-0.2, -0.15) is 0 Å². The molecule has 0 heterocycles. The number of thioether (sulfide) groups is 1. The van der Waals surface area contributed by atoms with Crippen LogP contribution in [0.1, 0.15) is 32.3 Å². The van der Waals surface area contributed by atoms with Gasteiger partial charge in [0.25, 0.3) is 11.8 Å². The molecule has 1 unspecified atom stereocenters. The van der Waals surface area contributed by atoms with Crippen LogP contribution in [0.25, 0.3) is 6.08 Å². The van der Waals surface area contributed by atoms with Crippen molar-refractivity contribution in [3.8, 4) is 0 Å². The van der Waals surface area contributed by atoms with E-state index in [4.69, 9.17) is 0 Å². The Hall–Kier alpha value is -5.47. The Labute approximate surface area is 265 Å². The van der Waals surface area contributed by atoms with Crippen molar-refractivity contribution in [2.75, 3.05) is 10.6 Å². The topological polar surface area (TPSA) is 87.3 Å². The van der Waals surface area contributed by atoms with E-state index in [0.717, 1.165) is 21.6 Å². The van der Waals surface area contributed by atoms with Crippen molar-refractivity contribution in [2.45, 2.75) is 17.1 Å². The summed E-state index contributed by atoms with van der Waals surface area (Å²) in [5, 5.41) is 7.63. The van der Waals surface area contributed by atoms with Gasteiger partial charge in [0.1, 0.15) is 16.8 Å². The Morgan fingerprint density at radius 1 is 0.711 bits per heavy atom. The van der Waals surface area contributed by atoms with Crippen molar-refractivity contribution in [1.29, 1.82) is 0 Å². The van der Waals surface area contributed by atoms with Gasteiger partial charge in [0.15, 0.2) is 0 Å². The quantitative estimate of drug-likeness (QED) is 0.110. The van der Waals surface area contributed by atoms with E-state index in [1.54, 1.807) is 66.7 Å². The molecule has 3 amide bonds. The lowest BCUT2D eigenvalue weighted by Crippen LogP contribution is -2.30. The lowest BCUT2D eigenvalue weighted by molar-refractivity contribution is -0.116. The second-order valence-corrected chi connectivity index (χ2v) is 11.3. The summed E-state index contributed by atoms with van der Waals surface area (Å²) in [5.74, 6) is -1.78. The van der Waals surface area contributed by atoms with Gasteiger partial charge in [-0.25, -0.2) is 4.39 Å². The molecule has 1 atom stereocenters. The number of amides is 3. The van der Waals surface area contributed by atoms with E-state index in [1.807, 2.05) is 67.6 Å². The van der Waals surface area contributed by atoms with Crippen molar-refractivity contribution in [3.63, 3.8) is 0 Å². The van der Waals surface area contributed by atoms with Crippen LogP contribution in [0, 0.1) is 12.7 Å². The number of para-hydroxylation sites is 1. The Kier molecular flexibility index (Phi) is 10.2. The van der Waals surface area contributed by atoms with Crippen LogP contribution in [0.2, 0.25) is 0 Å². The highest BCUT2D eigenvalue weighted by Gasteiger charge is 2.23. The first kappa shape index (κ1) is 31.0. The molecular weight excluding hydrogens is 585 g/mol. The summed E-state index contributed by atoms with van der Waals surface area (Å²) in [6.45, 7) is 1.97. The molecule has 0 saturated carbocycles. The van der Waals surface area contributed by atoms with Gasteiger partial charge in [0, 0.05) is 16.1 Å². The summed E-state index contributed by atoms with van der Waals surface area (Å²) < 4.78 is 14.3. The summed E-state index contributed by atoms with van der Waals surface area (Å²) >= 11 is 1.30. The predicted octanol–water partition coefficient (Wildman–Crippen LogP) is 8.02. The van der Waals surface area contributed by atoms with Gasteiger partial charge >= 0.3 is 0 Å². The van der Waals surface area contributed by atoms with Crippen LogP contribution >= 0.6 is 11.8 Å². The molecule has 0 fully saturated rings. The molecule has 0 aliphatic heterocycles. The van der Waals surface area contributed by atoms with Gasteiger partial charge in [0.05, 0.1) is 5.69 Å². The molecule has 0 radical (unpaired) electrons. The maximum atomic E-state index is 14.3. The van der Waals surface area contributed by atoms with E-state index < -0.39 is 22.9 Å². The summed E-state index contributed by atoms with van der Waals surface area (Å²) in [7, 11) is 0. The van der Waals surface area contributed by atoms with Crippen LogP contribution in [0.4, 0.5) is 15.8 Å². The molecule has 5 aromatic carbocycles. The number of benzene rings is 5. The minimum absolute atomic E-state index is 0.0834.